The Morgan fingerprint density at radius 1 is 1.21 bits per heavy atom. The van der Waals surface area contributed by atoms with E-state index in [1.807, 2.05) is 0 Å². The third-order valence-electron chi connectivity index (χ3n) is 2.89. The Morgan fingerprint density at radius 3 is 2.79 bits per heavy atom. The zero-order chi connectivity index (χ0) is 9.97. The molecule has 2 aromatic carbocycles. The molecular formula is C14H15. The first kappa shape index (κ1) is 9.26. The van der Waals surface area contributed by atoms with Crippen LogP contribution in [-0.4, -0.2) is 0 Å². The Bertz CT molecular complexity index is 423. The first-order valence-corrected chi connectivity index (χ1v) is 5.21. The van der Waals surface area contributed by atoms with Crippen LogP contribution in [0.3, 0.4) is 0 Å². The van der Waals surface area contributed by atoms with E-state index in [4.69, 9.17) is 0 Å². The predicted octanol–water partition coefficient (Wildman–Crippen LogP) is 4.15. The number of hydrogen-bond acceptors (Lipinski definition) is 0. The van der Waals surface area contributed by atoms with Crippen molar-refractivity contribution in [1.82, 2.24) is 0 Å². The summed E-state index contributed by atoms with van der Waals surface area (Å²) in [6, 6.07) is 15.9. The van der Waals surface area contributed by atoms with Gasteiger partial charge in [0.25, 0.3) is 0 Å². The molecule has 0 N–H and O–H groups in total. The smallest absolute Gasteiger partial charge is 0.0149 e. The summed E-state index contributed by atoms with van der Waals surface area (Å²) >= 11 is 0. The van der Waals surface area contributed by atoms with Crippen molar-refractivity contribution in [2.45, 2.75) is 26.2 Å². The van der Waals surface area contributed by atoms with E-state index in [1.165, 1.54) is 22.8 Å². The number of hydrogen-bond donors (Lipinski definition) is 0. The maximum atomic E-state index is 3.22. The molecule has 0 fully saturated rings. The fourth-order valence-corrected chi connectivity index (χ4v) is 1.81. The number of fused-ring (bicyclic) bond motifs is 1. The molecule has 0 aliphatic heterocycles. The summed E-state index contributed by atoms with van der Waals surface area (Å²) in [5, 5.41) is 2.67. The van der Waals surface area contributed by atoms with E-state index in [0.29, 0.717) is 5.92 Å². The van der Waals surface area contributed by atoms with Gasteiger partial charge in [-0.15, -0.1) is 0 Å². The standard InChI is InChI=1S/C14H15/c1-3-11(2)13-10-6-8-12-7-4-5-9-14(12)13/h4-5,7-11H,3H2,1-2H3. The lowest BCUT2D eigenvalue weighted by Gasteiger charge is -2.11. The quantitative estimate of drug-likeness (QED) is 0.656. The minimum Gasteiger partial charge on any atom is -0.0648 e. The zero-order valence-electron chi connectivity index (χ0n) is 8.75. The Labute approximate surface area is 85.6 Å². The predicted molar refractivity (Wildman–Crippen MR) is 61.5 cm³/mol. The van der Waals surface area contributed by atoms with Crippen LogP contribution in [0.25, 0.3) is 10.8 Å². The van der Waals surface area contributed by atoms with E-state index in [0.717, 1.165) is 0 Å². The molecule has 0 amide bonds. The molecule has 1 unspecified atom stereocenters. The summed E-state index contributed by atoms with van der Waals surface area (Å²) in [6.45, 7) is 4.50. The summed E-state index contributed by atoms with van der Waals surface area (Å²) in [5.74, 6) is 0.623. The lowest BCUT2D eigenvalue weighted by Crippen LogP contribution is -1.92. The van der Waals surface area contributed by atoms with Gasteiger partial charge in [0.05, 0.1) is 0 Å². The van der Waals surface area contributed by atoms with Gasteiger partial charge in [-0.05, 0) is 40.8 Å². The molecule has 1 atom stereocenters. The first-order valence-electron chi connectivity index (χ1n) is 5.21. The number of benzene rings is 2. The first-order chi connectivity index (χ1) is 6.83. The van der Waals surface area contributed by atoms with Crippen LogP contribution < -0.4 is 0 Å². The molecule has 0 aromatic heterocycles. The van der Waals surface area contributed by atoms with Gasteiger partial charge in [0, 0.05) is 0 Å². The van der Waals surface area contributed by atoms with E-state index in [9.17, 15) is 0 Å². The van der Waals surface area contributed by atoms with Crippen LogP contribution >= 0.6 is 0 Å². The lowest BCUT2D eigenvalue weighted by atomic mass is 9.93. The van der Waals surface area contributed by atoms with Crippen LogP contribution in [0.1, 0.15) is 31.7 Å². The minimum absolute atomic E-state index is 0.623. The van der Waals surface area contributed by atoms with Gasteiger partial charge >= 0.3 is 0 Å². The second-order valence-electron chi connectivity index (χ2n) is 3.81. The normalized spacial score (nSPS) is 13.0. The van der Waals surface area contributed by atoms with Crippen molar-refractivity contribution >= 4 is 10.8 Å². The van der Waals surface area contributed by atoms with Crippen molar-refractivity contribution in [2.75, 3.05) is 0 Å². The minimum atomic E-state index is 0.623. The summed E-state index contributed by atoms with van der Waals surface area (Å²) < 4.78 is 0. The molecule has 0 heterocycles. The van der Waals surface area contributed by atoms with Crippen LogP contribution in [0.4, 0.5) is 0 Å². The fourth-order valence-electron chi connectivity index (χ4n) is 1.81. The monoisotopic (exact) mass is 183 g/mol. The van der Waals surface area contributed by atoms with Crippen molar-refractivity contribution in [2.24, 2.45) is 0 Å². The molecule has 0 nitrogen and oxygen atoms in total. The van der Waals surface area contributed by atoms with Crippen molar-refractivity contribution in [3.8, 4) is 0 Å². The second kappa shape index (κ2) is 3.83. The third-order valence-corrected chi connectivity index (χ3v) is 2.89. The van der Waals surface area contributed by atoms with Gasteiger partial charge in [-0.1, -0.05) is 44.2 Å². The SMILES string of the molecule is CCC(C)c1c[c]cc2ccccc12. The Balaban J connectivity index is 2.65. The van der Waals surface area contributed by atoms with E-state index in [-0.39, 0.29) is 0 Å². The topological polar surface area (TPSA) is 0 Å². The molecule has 0 aliphatic rings. The Kier molecular flexibility index (Phi) is 2.53. The van der Waals surface area contributed by atoms with Crippen LogP contribution in [0.2, 0.25) is 0 Å². The average molecular weight is 183 g/mol. The fraction of sp³-hybridized carbons (Fsp3) is 0.286. The second-order valence-corrected chi connectivity index (χ2v) is 3.81. The molecule has 71 valence electrons. The summed E-state index contributed by atoms with van der Waals surface area (Å²) in [6.07, 6.45) is 1.18. The Morgan fingerprint density at radius 2 is 2.00 bits per heavy atom. The molecular weight excluding hydrogens is 168 g/mol. The van der Waals surface area contributed by atoms with E-state index < -0.39 is 0 Å². The van der Waals surface area contributed by atoms with Crippen LogP contribution in [0.15, 0.2) is 36.4 Å². The maximum absolute atomic E-state index is 3.22. The molecule has 0 saturated heterocycles. The van der Waals surface area contributed by atoms with Crippen molar-refractivity contribution < 1.29 is 0 Å². The highest BCUT2D eigenvalue weighted by molar-refractivity contribution is 5.85. The molecule has 0 saturated carbocycles. The molecule has 2 rings (SSSR count). The van der Waals surface area contributed by atoms with Crippen LogP contribution in [-0.2, 0) is 0 Å². The maximum Gasteiger partial charge on any atom is -0.0149 e. The van der Waals surface area contributed by atoms with Gasteiger partial charge in [-0.2, -0.15) is 0 Å². The molecule has 0 aliphatic carbocycles. The summed E-state index contributed by atoms with van der Waals surface area (Å²) in [4.78, 5) is 0. The largest absolute Gasteiger partial charge is 0.0648 e. The van der Waals surface area contributed by atoms with Gasteiger partial charge < -0.3 is 0 Å². The van der Waals surface area contributed by atoms with E-state index in [2.05, 4.69) is 56.3 Å². The van der Waals surface area contributed by atoms with Crippen LogP contribution in [0, 0.1) is 6.07 Å². The third kappa shape index (κ3) is 1.52. The highest BCUT2D eigenvalue weighted by Crippen LogP contribution is 2.26. The average Bonchev–Trinajstić information content (AvgIpc) is 2.27. The number of rotatable bonds is 2. The van der Waals surface area contributed by atoms with Gasteiger partial charge in [0.2, 0.25) is 0 Å². The van der Waals surface area contributed by atoms with Crippen molar-refractivity contribution in [3.63, 3.8) is 0 Å². The van der Waals surface area contributed by atoms with E-state index >= 15 is 0 Å². The van der Waals surface area contributed by atoms with Crippen molar-refractivity contribution in [1.29, 1.82) is 0 Å². The summed E-state index contributed by atoms with van der Waals surface area (Å²) in [5.41, 5.74) is 1.42. The summed E-state index contributed by atoms with van der Waals surface area (Å²) in [7, 11) is 0. The molecule has 14 heavy (non-hydrogen) atoms. The lowest BCUT2D eigenvalue weighted by molar-refractivity contribution is 0.739. The molecule has 0 spiro atoms. The highest BCUT2D eigenvalue weighted by Gasteiger charge is 2.06. The van der Waals surface area contributed by atoms with Crippen molar-refractivity contribution in [3.05, 3.63) is 48.0 Å². The molecule has 0 heteroatoms. The highest BCUT2D eigenvalue weighted by atomic mass is 14.1. The van der Waals surface area contributed by atoms with Gasteiger partial charge in [-0.25, -0.2) is 0 Å². The van der Waals surface area contributed by atoms with Gasteiger partial charge in [0.1, 0.15) is 0 Å². The Hall–Kier alpha value is -1.30. The van der Waals surface area contributed by atoms with Gasteiger partial charge in [0.15, 0.2) is 0 Å². The zero-order valence-corrected chi connectivity index (χ0v) is 8.75. The van der Waals surface area contributed by atoms with E-state index in [1.54, 1.807) is 0 Å². The molecule has 2 aromatic rings. The van der Waals surface area contributed by atoms with Crippen LogP contribution in [0.5, 0.6) is 0 Å². The molecule has 0 bridgehead atoms. The van der Waals surface area contributed by atoms with Gasteiger partial charge in [-0.3, -0.25) is 0 Å². The molecule has 1 radical (unpaired) electrons.